The topological polar surface area (TPSA) is 84.9 Å². The molecule has 6 heteroatoms. The number of carbonyl (C=O) groups excluding carboxylic acids is 1. The quantitative estimate of drug-likeness (QED) is 0.620. The third-order valence-corrected chi connectivity index (χ3v) is 2.36. The summed E-state index contributed by atoms with van der Waals surface area (Å²) in [5.74, 6) is -1.42. The van der Waals surface area contributed by atoms with Crippen molar-refractivity contribution in [3.05, 3.63) is 35.9 Å². The van der Waals surface area contributed by atoms with Crippen molar-refractivity contribution in [2.75, 3.05) is 26.4 Å². The molecule has 0 bridgehead atoms. The van der Waals surface area contributed by atoms with Gasteiger partial charge in [0.25, 0.3) is 0 Å². The van der Waals surface area contributed by atoms with Crippen molar-refractivity contribution in [2.24, 2.45) is 0 Å². The second-order valence-corrected chi connectivity index (χ2v) is 4.13. The minimum absolute atomic E-state index is 0.239. The highest BCUT2D eigenvalue weighted by molar-refractivity contribution is 5.77. The van der Waals surface area contributed by atoms with Crippen molar-refractivity contribution in [1.29, 1.82) is 0 Å². The third kappa shape index (κ3) is 8.23. The number of ether oxygens (including phenoxy) is 2. The fraction of sp³-hybridized carbons (Fsp3) is 0.429. The number of aliphatic carboxylic acids is 1. The molecule has 0 aromatic heterocycles. The monoisotopic (exact) mass is 281 g/mol. The molecule has 0 atom stereocenters. The molecule has 1 aromatic carbocycles. The number of rotatable bonds is 10. The van der Waals surface area contributed by atoms with E-state index in [0.29, 0.717) is 26.2 Å². The number of hydrogen-bond acceptors (Lipinski definition) is 4. The average molecular weight is 281 g/mol. The van der Waals surface area contributed by atoms with E-state index in [1.54, 1.807) is 0 Å². The first-order valence-electron chi connectivity index (χ1n) is 6.36. The maximum atomic E-state index is 11.2. The van der Waals surface area contributed by atoms with Crippen LogP contribution in [0.25, 0.3) is 0 Å². The van der Waals surface area contributed by atoms with E-state index in [9.17, 15) is 9.59 Å². The average Bonchev–Trinajstić information content (AvgIpc) is 2.43. The number of hydrogen-bond donors (Lipinski definition) is 2. The first-order chi connectivity index (χ1) is 9.68. The van der Waals surface area contributed by atoms with Crippen LogP contribution in [0.1, 0.15) is 12.0 Å². The Morgan fingerprint density at radius 1 is 1.10 bits per heavy atom. The Morgan fingerprint density at radius 2 is 1.85 bits per heavy atom. The van der Waals surface area contributed by atoms with E-state index in [4.69, 9.17) is 9.84 Å². The largest absolute Gasteiger partial charge is 0.480 e. The van der Waals surface area contributed by atoms with Crippen molar-refractivity contribution in [3.63, 3.8) is 0 Å². The third-order valence-electron chi connectivity index (χ3n) is 2.36. The van der Waals surface area contributed by atoms with Crippen LogP contribution in [0.2, 0.25) is 0 Å². The molecule has 0 radical (unpaired) electrons. The van der Waals surface area contributed by atoms with Gasteiger partial charge in [0.2, 0.25) is 5.91 Å². The number of amides is 1. The van der Waals surface area contributed by atoms with Crippen molar-refractivity contribution >= 4 is 11.9 Å². The molecule has 0 saturated heterocycles. The second-order valence-electron chi connectivity index (χ2n) is 4.13. The van der Waals surface area contributed by atoms with Gasteiger partial charge in [0.05, 0.1) is 6.61 Å². The molecule has 1 rings (SSSR count). The molecule has 0 spiro atoms. The lowest BCUT2D eigenvalue weighted by molar-refractivity contribution is -0.143. The Balaban J connectivity index is 1.94. The van der Waals surface area contributed by atoms with E-state index in [0.717, 1.165) is 5.56 Å². The summed E-state index contributed by atoms with van der Waals surface area (Å²) < 4.78 is 10.1. The van der Waals surface area contributed by atoms with Crippen LogP contribution in [-0.2, 0) is 25.7 Å². The molecular formula is C14H19NO5. The van der Waals surface area contributed by atoms with Gasteiger partial charge in [-0.2, -0.15) is 0 Å². The zero-order valence-corrected chi connectivity index (χ0v) is 11.2. The molecule has 1 aromatic rings. The van der Waals surface area contributed by atoms with Gasteiger partial charge in [0, 0.05) is 13.2 Å². The highest BCUT2D eigenvalue weighted by Gasteiger charge is 2.02. The van der Waals surface area contributed by atoms with Crippen LogP contribution in [0.3, 0.4) is 0 Å². The SMILES string of the molecule is O=C(O)COCC(=O)NCCCOCc1ccccc1. The predicted octanol–water partition coefficient (Wildman–Crippen LogP) is 0.811. The van der Waals surface area contributed by atoms with Gasteiger partial charge >= 0.3 is 5.97 Å². The van der Waals surface area contributed by atoms with Crippen LogP contribution < -0.4 is 5.32 Å². The van der Waals surface area contributed by atoms with Gasteiger partial charge in [-0.15, -0.1) is 0 Å². The molecule has 0 aliphatic heterocycles. The van der Waals surface area contributed by atoms with E-state index in [1.807, 2.05) is 30.3 Å². The summed E-state index contributed by atoms with van der Waals surface area (Å²) in [4.78, 5) is 21.4. The molecule has 0 unspecified atom stereocenters. The number of carbonyl (C=O) groups is 2. The summed E-state index contributed by atoms with van der Waals surface area (Å²) in [6.45, 7) is 0.872. The lowest BCUT2D eigenvalue weighted by atomic mass is 10.2. The van der Waals surface area contributed by atoms with Gasteiger partial charge in [0.15, 0.2) is 0 Å². The summed E-state index contributed by atoms with van der Waals surface area (Å²) in [5.41, 5.74) is 1.11. The van der Waals surface area contributed by atoms with E-state index < -0.39 is 12.6 Å². The Labute approximate surface area is 117 Å². The first kappa shape index (κ1) is 16.1. The van der Waals surface area contributed by atoms with Gasteiger partial charge in [0.1, 0.15) is 13.2 Å². The Kier molecular flexibility index (Phi) is 8.02. The smallest absolute Gasteiger partial charge is 0.329 e. The highest BCUT2D eigenvalue weighted by Crippen LogP contribution is 2.00. The van der Waals surface area contributed by atoms with Crippen molar-refractivity contribution in [3.8, 4) is 0 Å². The lowest BCUT2D eigenvalue weighted by Crippen LogP contribution is -2.29. The van der Waals surface area contributed by atoms with Crippen LogP contribution in [0.4, 0.5) is 0 Å². The van der Waals surface area contributed by atoms with Crippen molar-refractivity contribution in [1.82, 2.24) is 5.32 Å². The summed E-state index contributed by atoms with van der Waals surface area (Å²) in [6.07, 6.45) is 0.692. The summed E-state index contributed by atoms with van der Waals surface area (Å²) in [5, 5.41) is 10.9. The molecule has 0 aliphatic carbocycles. The molecule has 2 N–H and O–H groups in total. The van der Waals surface area contributed by atoms with Crippen LogP contribution in [0.15, 0.2) is 30.3 Å². The maximum Gasteiger partial charge on any atom is 0.329 e. The van der Waals surface area contributed by atoms with Crippen LogP contribution in [0, 0.1) is 0 Å². The van der Waals surface area contributed by atoms with E-state index >= 15 is 0 Å². The second kappa shape index (κ2) is 9.94. The number of nitrogens with one attached hydrogen (secondary N) is 1. The van der Waals surface area contributed by atoms with E-state index in [2.05, 4.69) is 10.1 Å². The molecule has 0 aliphatic rings. The number of benzene rings is 1. The Bertz CT molecular complexity index is 407. The first-order valence-corrected chi connectivity index (χ1v) is 6.36. The van der Waals surface area contributed by atoms with E-state index in [-0.39, 0.29) is 12.5 Å². The Hall–Kier alpha value is -1.92. The van der Waals surface area contributed by atoms with Gasteiger partial charge < -0.3 is 19.9 Å². The minimum atomic E-state index is -1.09. The summed E-state index contributed by atoms with van der Waals surface area (Å²) in [6, 6.07) is 9.83. The van der Waals surface area contributed by atoms with Crippen LogP contribution in [0.5, 0.6) is 0 Å². The maximum absolute atomic E-state index is 11.2. The zero-order chi connectivity index (χ0) is 14.6. The van der Waals surface area contributed by atoms with Crippen LogP contribution >= 0.6 is 0 Å². The van der Waals surface area contributed by atoms with Crippen molar-refractivity contribution < 1.29 is 24.2 Å². The van der Waals surface area contributed by atoms with Gasteiger partial charge in [-0.1, -0.05) is 30.3 Å². The molecule has 20 heavy (non-hydrogen) atoms. The predicted molar refractivity (Wildman–Crippen MR) is 72.2 cm³/mol. The fourth-order valence-electron chi connectivity index (χ4n) is 1.45. The van der Waals surface area contributed by atoms with Crippen LogP contribution in [-0.4, -0.2) is 43.3 Å². The molecule has 110 valence electrons. The standard InChI is InChI=1S/C14H19NO5/c16-13(10-20-11-14(17)18)15-7-4-8-19-9-12-5-2-1-3-6-12/h1-3,5-6H,4,7-11H2,(H,15,16)(H,17,18). The van der Waals surface area contributed by atoms with Crippen molar-refractivity contribution in [2.45, 2.75) is 13.0 Å². The minimum Gasteiger partial charge on any atom is -0.480 e. The number of carboxylic acids is 1. The summed E-state index contributed by atoms with van der Waals surface area (Å²) in [7, 11) is 0. The summed E-state index contributed by atoms with van der Waals surface area (Å²) >= 11 is 0. The number of carboxylic acid groups (broad SMARTS) is 1. The highest BCUT2D eigenvalue weighted by atomic mass is 16.5. The zero-order valence-electron chi connectivity index (χ0n) is 11.2. The Morgan fingerprint density at radius 3 is 2.55 bits per heavy atom. The molecule has 1 amide bonds. The molecule has 0 fully saturated rings. The normalized spacial score (nSPS) is 10.2. The molecule has 0 saturated carbocycles. The lowest BCUT2D eigenvalue weighted by Gasteiger charge is -2.06. The molecule has 0 heterocycles. The van der Waals surface area contributed by atoms with Gasteiger partial charge in [-0.3, -0.25) is 4.79 Å². The molecule has 6 nitrogen and oxygen atoms in total. The van der Waals surface area contributed by atoms with E-state index in [1.165, 1.54) is 0 Å². The fourth-order valence-corrected chi connectivity index (χ4v) is 1.45. The van der Waals surface area contributed by atoms with Gasteiger partial charge in [-0.25, -0.2) is 4.79 Å². The van der Waals surface area contributed by atoms with Gasteiger partial charge in [-0.05, 0) is 12.0 Å². The molecular weight excluding hydrogens is 262 g/mol.